The van der Waals surface area contributed by atoms with Crippen LogP contribution in [0.1, 0.15) is 5.56 Å². The van der Waals surface area contributed by atoms with Crippen LogP contribution < -0.4 is 4.72 Å². The molecule has 0 saturated heterocycles. The fourth-order valence-electron chi connectivity index (χ4n) is 1.33. The first kappa shape index (κ1) is 17.2. The maximum absolute atomic E-state index is 12.0. The number of alkyl halides is 1. The van der Waals surface area contributed by atoms with E-state index in [2.05, 4.69) is 35.8 Å². The van der Waals surface area contributed by atoms with Gasteiger partial charge in [0.15, 0.2) is 0 Å². The average molecular weight is 330 g/mol. The van der Waals surface area contributed by atoms with Gasteiger partial charge >= 0.3 is 0 Å². The Morgan fingerprint density at radius 2 is 1.80 bits per heavy atom. The quantitative estimate of drug-likeness (QED) is 0.524. The van der Waals surface area contributed by atoms with Crippen LogP contribution in [0, 0.1) is 18.4 Å². The van der Waals surface area contributed by atoms with E-state index in [0.29, 0.717) is 0 Å². The van der Waals surface area contributed by atoms with Gasteiger partial charge in [0.25, 0.3) is 0 Å². The first-order valence-electron chi connectivity index (χ1n) is 6.33. The maximum Gasteiger partial charge on any atom is 0.240 e. The maximum atomic E-state index is 12.0. The van der Waals surface area contributed by atoms with Crippen molar-refractivity contribution in [2.75, 3.05) is 6.54 Å². The van der Waals surface area contributed by atoms with Gasteiger partial charge in [-0.05, 0) is 19.1 Å². The molecule has 1 atom stereocenters. The molecule has 0 aliphatic carbocycles. The summed E-state index contributed by atoms with van der Waals surface area (Å²) >= 11 is 6.03. The monoisotopic (exact) mass is 329 g/mol. The Bertz CT molecular complexity index is 609. The largest absolute Gasteiger partial charge is 0.240 e. The minimum absolute atomic E-state index is 0.106. The lowest BCUT2D eigenvalue weighted by Gasteiger charge is -2.09. The van der Waals surface area contributed by atoms with Gasteiger partial charge in [-0.3, -0.25) is 0 Å². The second kappa shape index (κ2) is 6.77. The molecule has 1 unspecified atom stereocenters. The number of nitrogens with one attached hydrogen (secondary N) is 1. The summed E-state index contributed by atoms with van der Waals surface area (Å²) in [5, 5.41) is -0.512. The van der Waals surface area contributed by atoms with E-state index in [1.54, 1.807) is 24.3 Å². The van der Waals surface area contributed by atoms with E-state index in [1.807, 2.05) is 6.92 Å². The third-order valence-corrected chi connectivity index (χ3v) is 4.98. The number of hydrogen-bond donors (Lipinski definition) is 1. The Morgan fingerprint density at radius 1 is 1.25 bits per heavy atom. The summed E-state index contributed by atoms with van der Waals surface area (Å²) in [6.45, 7) is 8.35. The molecule has 110 valence electrons. The van der Waals surface area contributed by atoms with E-state index in [9.17, 15) is 8.42 Å². The normalized spacial score (nSPS) is 13.4. The number of benzene rings is 1. The topological polar surface area (TPSA) is 46.2 Å². The second-order valence-corrected chi connectivity index (χ2v) is 12.7. The number of sulfonamides is 1. The highest BCUT2D eigenvalue weighted by Crippen LogP contribution is 2.10. The van der Waals surface area contributed by atoms with Crippen LogP contribution in [-0.2, 0) is 10.0 Å². The molecular formula is C14H20ClNO2SSi. The number of hydrogen-bond acceptors (Lipinski definition) is 2. The Labute approximate surface area is 127 Å². The van der Waals surface area contributed by atoms with Gasteiger partial charge in [-0.25, -0.2) is 13.1 Å². The van der Waals surface area contributed by atoms with Gasteiger partial charge in [0.1, 0.15) is 13.5 Å². The number of halogens is 1. The first-order valence-corrected chi connectivity index (χ1v) is 11.8. The van der Waals surface area contributed by atoms with Crippen LogP contribution in [0.4, 0.5) is 0 Å². The predicted octanol–water partition coefficient (Wildman–Crippen LogP) is 2.76. The van der Waals surface area contributed by atoms with Gasteiger partial charge in [-0.15, -0.1) is 17.1 Å². The van der Waals surface area contributed by atoms with Crippen LogP contribution in [-0.4, -0.2) is 28.4 Å². The van der Waals surface area contributed by atoms with Gasteiger partial charge in [0.05, 0.1) is 4.90 Å². The van der Waals surface area contributed by atoms with E-state index < -0.39 is 23.5 Å². The molecule has 0 saturated carbocycles. The highest BCUT2D eigenvalue weighted by atomic mass is 35.5. The summed E-state index contributed by atoms with van der Waals surface area (Å²) in [4.78, 5) is 0.241. The number of rotatable bonds is 4. The Hall–Kier alpha value is -0.803. The second-order valence-electron chi connectivity index (χ2n) is 5.65. The molecule has 0 radical (unpaired) electrons. The van der Waals surface area contributed by atoms with Crippen molar-refractivity contribution in [1.29, 1.82) is 0 Å². The van der Waals surface area contributed by atoms with Crippen molar-refractivity contribution < 1.29 is 8.42 Å². The zero-order valence-electron chi connectivity index (χ0n) is 12.2. The molecule has 1 rings (SSSR count). The Morgan fingerprint density at radius 3 is 2.30 bits per heavy atom. The molecule has 1 N–H and O–H groups in total. The highest BCUT2D eigenvalue weighted by Gasteiger charge is 2.15. The lowest BCUT2D eigenvalue weighted by Crippen LogP contribution is -2.29. The van der Waals surface area contributed by atoms with Crippen LogP contribution in [0.25, 0.3) is 0 Å². The third-order valence-electron chi connectivity index (χ3n) is 2.39. The summed E-state index contributed by atoms with van der Waals surface area (Å²) < 4.78 is 26.6. The molecule has 0 bridgehead atoms. The zero-order chi connectivity index (χ0) is 15.4. The molecule has 20 heavy (non-hydrogen) atoms. The van der Waals surface area contributed by atoms with E-state index in [1.165, 1.54) is 0 Å². The van der Waals surface area contributed by atoms with Crippen molar-refractivity contribution in [3.05, 3.63) is 29.8 Å². The molecule has 0 spiro atoms. The van der Waals surface area contributed by atoms with Crippen molar-refractivity contribution in [3.8, 4) is 11.5 Å². The molecule has 0 aromatic heterocycles. The highest BCUT2D eigenvalue weighted by molar-refractivity contribution is 7.89. The minimum atomic E-state index is -3.52. The van der Waals surface area contributed by atoms with Gasteiger partial charge in [0.2, 0.25) is 10.0 Å². The van der Waals surface area contributed by atoms with Crippen LogP contribution >= 0.6 is 11.6 Å². The summed E-state index contributed by atoms with van der Waals surface area (Å²) in [5.41, 5.74) is 4.14. The number of aryl methyl sites for hydroxylation is 1. The van der Waals surface area contributed by atoms with Crippen molar-refractivity contribution in [1.82, 2.24) is 4.72 Å². The van der Waals surface area contributed by atoms with Crippen LogP contribution in [0.5, 0.6) is 0 Å². The Kier molecular flexibility index (Phi) is 5.84. The SMILES string of the molecule is Cc1ccc(S(=O)(=O)NCC(Cl)C#C[Si](C)(C)C)cc1. The van der Waals surface area contributed by atoms with Crippen molar-refractivity contribution in [2.24, 2.45) is 0 Å². The Balaban J connectivity index is 2.68. The fraction of sp³-hybridized carbons (Fsp3) is 0.429. The van der Waals surface area contributed by atoms with E-state index in [0.717, 1.165) is 5.56 Å². The van der Waals surface area contributed by atoms with Crippen LogP contribution in [0.3, 0.4) is 0 Å². The predicted molar refractivity (Wildman–Crippen MR) is 87.1 cm³/mol. The lowest BCUT2D eigenvalue weighted by molar-refractivity contribution is 0.582. The third kappa shape index (κ3) is 6.10. The van der Waals surface area contributed by atoms with E-state index in [-0.39, 0.29) is 11.4 Å². The van der Waals surface area contributed by atoms with Crippen molar-refractivity contribution >= 4 is 29.7 Å². The van der Waals surface area contributed by atoms with E-state index in [4.69, 9.17) is 11.6 Å². The molecule has 3 nitrogen and oxygen atoms in total. The first-order chi connectivity index (χ1) is 9.10. The average Bonchev–Trinajstić information content (AvgIpc) is 2.34. The van der Waals surface area contributed by atoms with Gasteiger partial charge in [0, 0.05) is 6.54 Å². The lowest BCUT2D eigenvalue weighted by atomic mass is 10.2. The van der Waals surface area contributed by atoms with Crippen molar-refractivity contribution in [3.63, 3.8) is 0 Å². The molecular weight excluding hydrogens is 310 g/mol. The molecule has 0 amide bonds. The summed E-state index contributed by atoms with van der Waals surface area (Å²) in [6, 6.07) is 6.68. The standard InChI is InChI=1S/C14H20ClNO2SSi/c1-12-5-7-14(8-6-12)19(17,18)16-11-13(15)9-10-20(2,3)4/h5-8,13,16H,11H2,1-4H3. The molecule has 1 aromatic carbocycles. The molecule has 0 heterocycles. The smallest absolute Gasteiger partial charge is 0.209 e. The fourth-order valence-corrected chi connectivity index (χ4v) is 3.30. The summed E-state index contributed by atoms with van der Waals surface area (Å²) in [7, 11) is -5.00. The summed E-state index contributed by atoms with van der Waals surface area (Å²) in [6.07, 6.45) is 0. The van der Waals surface area contributed by atoms with Gasteiger partial charge in [-0.1, -0.05) is 43.3 Å². The van der Waals surface area contributed by atoms with Crippen molar-refractivity contribution in [2.45, 2.75) is 36.8 Å². The molecule has 0 fully saturated rings. The summed E-state index contributed by atoms with van der Waals surface area (Å²) in [5.74, 6) is 2.91. The molecule has 1 aromatic rings. The molecule has 0 aliphatic rings. The van der Waals surface area contributed by atoms with E-state index >= 15 is 0 Å². The molecule has 6 heteroatoms. The minimum Gasteiger partial charge on any atom is -0.209 e. The van der Waals surface area contributed by atoms with Crippen LogP contribution in [0.15, 0.2) is 29.2 Å². The van der Waals surface area contributed by atoms with Gasteiger partial charge < -0.3 is 0 Å². The van der Waals surface area contributed by atoms with Gasteiger partial charge in [-0.2, -0.15) is 0 Å². The molecule has 0 aliphatic heterocycles. The van der Waals surface area contributed by atoms with Crippen LogP contribution in [0.2, 0.25) is 19.6 Å². The zero-order valence-corrected chi connectivity index (χ0v) is 14.8.